The molecule has 0 saturated heterocycles. The average molecular weight is 317 g/mol. The van der Waals surface area contributed by atoms with Gasteiger partial charge in [0.25, 0.3) is 5.91 Å². The van der Waals surface area contributed by atoms with E-state index < -0.39 is 29.2 Å². The Balaban J connectivity index is 1.71. The molecule has 6 heteroatoms. The van der Waals surface area contributed by atoms with Gasteiger partial charge in [0.2, 0.25) is 0 Å². The molecule has 0 aliphatic carbocycles. The van der Waals surface area contributed by atoms with E-state index >= 15 is 0 Å². The van der Waals surface area contributed by atoms with Gasteiger partial charge in [0, 0.05) is 11.9 Å². The molecular weight excluding hydrogens is 304 g/mol. The van der Waals surface area contributed by atoms with Crippen LogP contribution >= 0.6 is 0 Å². The number of fused-ring (bicyclic) bond motifs is 1. The van der Waals surface area contributed by atoms with Crippen LogP contribution in [0.5, 0.6) is 0 Å². The van der Waals surface area contributed by atoms with Crippen molar-refractivity contribution in [2.75, 3.05) is 6.54 Å². The highest BCUT2D eigenvalue weighted by molar-refractivity contribution is 5.96. The Morgan fingerprint density at radius 2 is 1.83 bits per heavy atom. The third kappa shape index (κ3) is 3.07. The summed E-state index contributed by atoms with van der Waals surface area (Å²) in [6.45, 7) is -0.340. The lowest BCUT2D eigenvalue weighted by Gasteiger charge is -2.13. The van der Waals surface area contributed by atoms with Gasteiger partial charge in [-0.2, -0.15) is 0 Å². The second kappa shape index (κ2) is 6.18. The first-order chi connectivity index (χ1) is 11.1. The van der Waals surface area contributed by atoms with Crippen molar-refractivity contribution in [1.82, 2.24) is 5.32 Å². The molecule has 1 atom stereocenters. The van der Waals surface area contributed by atoms with Crippen LogP contribution in [0.25, 0.3) is 11.0 Å². The first kappa shape index (κ1) is 15.2. The van der Waals surface area contributed by atoms with Gasteiger partial charge in [0.05, 0.1) is 5.56 Å². The lowest BCUT2D eigenvalue weighted by molar-refractivity contribution is 0.0886. The van der Waals surface area contributed by atoms with Gasteiger partial charge >= 0.3 is 0 Å². The molecule has 1 unspecified atom stereocenters. The minimum absolute atomic E-state index is 0.0624. The maximum Gasteiger partial charge on any atom is 0.287 e. The van der Waals surface area contributed by atoms with Gasteiger partial charge < -0.3 is 14.8 Å². The number of aliphatic hydroxyl groups is 1. The molecule has 23 heavy (non-hydrogen) atoms. The van der Waals surface area contributed by atoms with E-state index in [0.29, 0.717) is 5.58 Å². The van der Waals surface area contributed by atoms with Crippen LogP contribution in [-0.4, -0.2) is 17.6 Å². The fourth-order valence-corrected chi connectivity index (χ4v) is 2.30. The highest BCUT2D eigenvalue weighted by atomic mass is 19.1. The summed E-state index contributed by atoms with van der Waals surface area (Å²) in [6, 6.07) is 11.9. The van der Waals surface area contributed by atoms with Gasteiger partial charge in [-0.25, -0.2) is 8.78 Å². The fraction of sp³-hybridized carbons (Fsp3) is 0.118. The van der Waals surface area contributed by atoms with Crippen molar-refractivity contribution in [3.8, 4) is 0 Å². The van der Waals surface area contributed by atoms with E-state index in [0.717, 1.165) is 17.5 Å². The van der Waals surface area contributed by atoms with Crippen LogP contribution in [0, 0.1) is 11.6 Å². The van der Waals surface area contributed by atoms with E-state index in [1.807, 2.05) is 6.07 Å². The third-order valence-electron chi connectivity index (χ3n) is 3.44. The molecule has 0 aliphatic rings. The second-order valence-electron chi connectivity index (χ2n) is 5.01. The molecule has 118 valence electrons. The van der Waals surface area contributed by atoms with E-state index in [4.69, 9.17) is 4.42 Å². The minimum atomic E-state index is -1.50. The van der Waals surface area contributed by atoms with Gasteiger partial charge in [-0.1, -0.05) is 24.3 Å². The van der Waals surface area contributed by atoms with Crippen molar-refractivity contribution in [3.63, 3.8) is 0 Å². The molecule has 2 aromatic carbocycles. The standard InChI is InChI=1S/C17H13F2NO3/c18-11-5-3-6-12(19)16(11)13(21)9-20-17(22)15-8-10-4-1-2-7-14(10)23-15/h1-8,13,21H,9H2,(H,20,22). The molecule has 3 rings (SSSR count). The van der Waals surface area contributed by atoms with Crippen LogP contribution < -0.4 is 5.32 Å². The summed E-state index contributed by atoms with van der Waals surface area (Å²) in [7, 11) is 0. The van der Waals surface area contributed by atoms with Gasteiger partial charge in [0.1, 0.15) is 23.3 Å². The SMILES string of the molecule is O=C(NCC(O)c1c(F)cccc1F)c1cc2ccccc2o1. The maximum atomic E-state index is 13.6. The summed E-state index contributed by atoms with van der Waals surface area (Å²) >= 11 is 0. The normalized spacial score (nSPS) is 12.3. The lowest BCUT2D eigenvalue weighted by atomic mass is 10.1. The molecule has 2 N–H and O–H groups in total. The van der Waals surface area contributed by atoms with Crippen LogP contribution in [0.4, 0.5) is 8.78 Å². The molecule has 0 fully saturated rings. The largest absolute Gasteiger partial charge is 0.451 e. The monoisotopic (exact) mass is 317 g/mol. The molecule has 3 aromatic rings. The lowest BCUT2D eigenvalue weighted by Crippen LogP contribution is -2.28. The molecule has 0 radical (unpaired) electrons. The Kier molecular flexibility index (Phi) is 4.08. The topological polar surface area (TPSA) is 62.5 Å². The number of rotatable bonds is 4. The Morgan fingerprint density at radius 3 is 2.52 bits per heavy atom. The number of aliphatic hydroxyl groups excluding tert-OH is 1. The van der Waals surface area contributed by atoms with Crippen molar-refractivity contribution in [3.05, 3.63) is 71.5 Å². The summed E-state index contributed by atoms with van der Waals surface area (Å²) in [5.74, 6) is -2.24. The van der Waals surface area contributed by atoms with Gasteiger partial charge in [0.15, 0.2) is 5.76 Å². The molecule has 4 nitrogen and oxygen atoms in total. The van der Waals surface area contributed by atoms with Gasteiger partial charge in [-0.05, 0) is 24.3 Å². The zero-order chi connectivity index (χ0) is 16.4. The molecular formula is C17H13F2NO3. The smallest absolute Gasteiger partial charge is 0.287 e. The summed E-state index contributed by atoms with van der Waals surface area (Å²) in [5, 5.41) is 13.1. The Morgan fingerprint density at radius 1 is 1.13 bits per heavy atom. The average Bonchev–Trinajstić information content (AvgIpc) is 2.96. The summed E-state index contributed by atoms with van der Waals surface area (Å²) in [4.78, 5) is 12.0. The number of hydrogen-bond acceptors (Lipinski definition) is 3. The zero-order valence-electron chi connectivity index (χ0n) is 11.9. The van der Waals surface area contributed by atoms with E-state index in [2.05, 4.69) is 5.32 Å². The van der Waals surface area contributed by atoms with E-state index in [-0.39, 0.29) is 12.3 Å². The molecule has 1 aromatic heterocycles. The highest BCUT2D eigenvalue weighted by Crippen LogP contribution is 2.21. The Hall–Kier alpha value is -2.73. The van der Waals surface area contributed by atoms with E-state index in [9.17, 15) is 18.7 Å². The zero-order valence-corrected chi connectivity index (χ0v) is 11.9. The number of halogens is 2. The molecule has 1 amide bonds. The van der Waals surface area contributed by atoms with Crippen molar-refractivity contribution < 1.29 is 23.1 Å². The predicted octanol–water partition coefficient (Wildman–Crippen LogP) is 3.17. The molecule has 0 spiro atoms. The summed E-state index contributed by atoms with van der Waals surface area (Å²) < 4.78 is 32.5. The van der Waals surface area contributed by atoms with Gasteiger partial charge in [-0.15, -0.1) is 0 Å². The fourth-order valence-electron chi connectivity index (χ4n) is 2.30. The molecule has 0 saturated carbocycles. The maximum absolute atomic E-state index is 13.6. The number of carbonyl (C=O) groups is 1. The van der Waals surface area contributed by atoms with Crippen LogP contribution in [0.15, 0.2) is 52.9 Å². The summed E-state index contributed by atoms with van der Waals surface area (Å²) in [6.07, 6.45) is -1.50. The molecule has 0 bridgehead atoms. The highest BCUT2D eigenvalue weighted by Gasteiger charge is 2.19. The van der Waals surface area contributed by atoms with Crippen molar-refractivity contribution in [2.45, 2.75) is 6.10 Å². The van der Waals surface area contributed by atoms with Crippen molar-refractivity contribution in [1.29, 1.82) is 0 Å². The quantitative estimate of drug-likeness (QED) is 0.777. The predicted molar refractivity (Wildman–Crippen MR) is 79.9 cm³/mol. The minimum Gasteiger partial charge on any atom is -0.451 e. The second-order valence-corrected chi connectivity index (χ2v) is 5.01. The Bertz CT molecular complexity index is 807. The number of benzene rings is 2. The molecule has 0 aliphatic heterocycles. The van der Waals surface area contributed by atoms with Crippen LogP contribution in [0.2, 0.25) is 0 Å². The molecule has 1 heterocycles. The van der Waals surface area contributed by atoms with Crippen LogP contribution in [0.3, 0.4) is 0 Å². The van der Waals surface area contributed by atoms with Crippen LogP contribution in [0.1, 0.15) is 22.2 Å². The van der Waals surface area contributed by atoms with E-state index in [1.54, 1.807) is 24.3 Å². The number of hydrogen-bond donors (Lipinski definition) is 2. The summed E-state index contributed by atoms with van der Waals surface area (Å²) in [5.41, 5.74) is 0.0794. The van der Waals surface area contributed by atoms with E-state index in [1.165, 1.54) is 6.07 Å². The number of amides is 1. The first-order valence-electron chi connectivity index (χ1n) is 6.95. The van der Waals surface area contributed by atoms with Crippen molar-refractivity contribution >= 4 is 16.9 Å². The van der Waals surface area contributed by atoms with Gasteiger partial charge in [-0.3, -0.25) is 4.79 Å². The van der Waals surface area contributed by atoms with Crippen LogP contribution in [-0.2, 0) is 0 Å². The first-order valence-corrected chi connectivity index (χ1v) is 6.95. The number of carbonyl (C=O) groups excluding carboxylic acids is 1. The number of nitrogens with one attached hydrogen (secondary N) is 1. The third-order valence-corrected chi connectivity index (χ3v) is 3.44. The number of furan rings is 1. The van der Waals surface area contributed by atoms with Crippen molar-refractivity contribution in [2.24, 2.45) is 0 Å². The number of para-hydroxylation sites is 1. The Labute approximate surface area is 130 Å².